The molecule has 1 fully saturated rings. The van der Waals surface area contributed by atoms with Crippen molar-refractivity contribution in [2.75, 3.05) is 25.0 Å². The maximum Gasteiger partial charge on any atom is 0.0340 e. The Balaban J connectivity index is 1.72. The molecule has 0 aliphatic carbocycles. The minimum Gasteiger partial charge on any atom is -0.385 e. The van der Waals surface area contributed by atoms with Crippen LogP contribution in [0.25, 0.3) is 0 Å². The average molecular weight is 246 g/mol. The molecule has 2 rings (SSSR count). The number of rotatable bonds is 5. The van der Waals surface area contributed by atoms with Crippen LogP contribution in [0.15, 0.2) is 24.3 Å². The van der Waals surface area contributed by atoms with Gasteiger partial charge in [-0.1, -0.05) is 26.0 Å². The second-order valence-corrected chi connectivity index (χ2v) is 5.69. The van der Waals surface area contributed by atoms with Gasteiger partial charge in [0.15, 0.2) is 0 Å². The smallest absolute Gasteiger partial charge is 0.0340 e. The average Bonchev–Trinajstić information content (AvgIpc) is 2.40. The summed E-state index contributed by atoms with van der Waals surface area (Å²) in [6, 6.07) is 8.88. The Bertz CT molecular complexity index is 337. The van der Waals surface area contributed by atoms with E-state index in [1.165, 1.54) is 43.6 Å². The molecule has 0 radical (unpaired) electrons. The summed E-state index contributed by atoms with van der Waals surface area (Å²) in [5.41, 5.74) is 2.67. The van der Waals surface area contributed by atoms with Gasteiger partial charge in [0, 0.05) is 12.2 Å². The van der Waals surface area contributed by atoms with Crippen molar-refractivity contribution in [2.24, 2.45) is 5.92 Å². The van der Waals surface area contributed by atoms with E-state index in [0.717, 1.165) is 12.5 Å². The predicted octanol–water partition coefficient (Wildman–Crippen LogP) is 3.61. The molecule has 1 heterocycles. The van der Waals surface area contributed by atoms with Gasteiger partial charge in [0.2, 0.25) is 0 Å². The van der Waals surface area contributed by atoms with Crippen molar-refractivity contribution in [1.82, 2.24) is 5.32 Å². The largest absolute Gasteiger partial charge is 0.385 e. The highest BCUT2D eigenvalue weighted by Crippen LogP contribution is 2.19. The van der Waals surface area contributed by atoms with E-state index < -0.39 is 0 Å². The molecule has 0 spiro atoms. The van der Waals surface area contributed by atoms with Crippen LogP contribution in [0.1, 0.15) is 44.6 Å². The van der Waals surface area contributed by atoms with E-state index in [1.54, 1.807) is 0 Å². The Labute approximate surface area is 111 Å². The zero-order valence-corrected chi connectivity index (χ0v) is 11.7. The van der Waals surface area contributed by atoms with E-state index >= 15 is 0 Å². The number of hydrogen-bond acceptors (Lipinski definition) is 2. The number of hydrogen-bond donors (Lipinski definition) is 2. The number of benzene rings is 1. The van der Waals surface area contributed by atoms with E-state index in [4.69, 9.17) is 0 Å². The third-order valence-corrected chi connectivity index (χ3v) is 3.92. The Hall–Kier alpha value is -1.02. The van der Waals surface area contributed by atoms with Crippen LogP contribution in [-0.4, -0.2) is 19.6 Å². The molecule has 18 heavy (non-hydrogen) atoms. The molecule has 2 nitrogen and oxygen atoms in total. The van der Waals surface area contributed by atoms with Crippen LogP contribution in [0.5, 0.6) is 0 Å². The van der Waals surface area contributed by atoms with Crippen LogP contribution in [0.3, 0.4) is 0 Å². The molecule has 0 aromatic heterocycles. The summed E-state index contributed by atoms with van der Waals surface area (Å²) in [4.78, 5) is 0. The fourth-order valence-corrected chi connectivity index (χ4v) is 2.58. The van der Waals surface area contributed by atoms with Crippen molar-refractivity contribution in [2.45, 2.75) is 39.0 Å². The quantitative estimate of drug-likeness (QED) is 0.829. The summed E-state index contributed by atoms with van der Waals surface area (Å²) in [7, 11) is 0. The maximum absolute atomic E-state index is 3.54. The van der Waals surface area contributed by atoms with Crippen molar-refractivity contribution in [3.8, 4) is 0 Å². The molecule has 2 heteroatoms. The zero-order valence-electron chi connectivity index (χ0n) is 11.7. The highest BCUT2D eigenvalue weighted by atomic mass is 14.9. The molecular weight excluding hydrogens is 220 g/mol. The molecule has 1 aromatic rings. The monoisotopic (exact) mass is 246 g/mol. The molecule has 0 amide bonds. The van der Waals surface area contributed by atoms with Crippen LogP contribution in [0, 0.1) is 5.92 Å². The van der Waals surface area contributed by atoms with Gasteiger partial charge >= 0.3 is 0 Å². The molecule has 2 N–H and O–H groups in total. The molecule has 1 saturated heterocycles. The zero-order chi connectivity index (χ0) is 12.8. The van der Waals surface area contributed by atoms with E-state index in [1.807, 2.05) is 0 Å². The summed E-state index contributed by atoms with van der Waals surface area (Å²) < 4.78 is 0. The van der Waals surface area contributed by atoms with E-state index in [9.17, 15) is 0 Å². The third kappa shape index (κ3) is 4.02. The minimum absolute atomic E-state index is 0.619. The number of nitrogens with one attached hydrogen (secondary N) is 2. The van der Waals surface area contributed by atoms with Crippen LogP contribution in [0.4, 0.5) is 5.69 Å². The maximum atomic E-state index is 3.54. The molecule has 0 bridgehead atoms. The van der Waals surface area contributed by atoms with E-state index in [-0.39, 0.29) is 0 Å². The highest BCUT2D eigenvalue weighted by molar-refractivity contribution is 5.45. The molecular formula is C16H26N2. The highest BCUT2D eigenvalue weighted by Gasteiger charge is 2.11. The molecule has 0 atom stereocenters. The van der Waals surface area contributed by atoms with Gasteiger partial charge in [0.1, 0.15) is 0 Å². The summed E-state index contributed by atoms with van der Waals surface area (Å²) in [5.74, 6) is 1.53. The second kappa shape index (κ2) is 6.79. The first-order valence-electron chi connectivity index (χ1n) is 7.30. The van der Waals surface area contributed by atoms with Gasteiger partial charge in [-0.15, -0.1) is 0 Å². The van der Waals surface area contributed by atoms with Crippen molar-refractivity contribution in [1.29, 1.82) is 0 Å². The normalized spacial score (nSPS) is 17.1. The van der Waals surface area contributed by atoms with Gasteiger partial charge in [-0.05, 0) is 61.9 Å². The topological polar surface area (TPSA) is 24.1 Å². The summed E-state index contributed by atoms with van der Waals surface area (Å²) >= 11 is 0. The van der Waals surface area contributed by atoms with E-state index in [2.05, 4.69) is 48.7 Å². The van der Waals surface area contributed by atoms with Gasteiger partial charge in [-0.3, -0.25) is 0 Å². The lowest BCUT2D eigenvalue weighted by Gasteiger charge is -2.22. The lowest BCUT2D eigenvalue weighted by molar-refractivity contribution is 0.361. The summed E-state index contributed by atoms with van der Waals surface area (Å²) in [6.07, 6.45) is 3.98. The molecule has 0 unspecified atom stereocenters. The van der Waals surface area contributed by atoms with Gasteiger partial charge < -0.3 is 10.6 Å². The Morgan fingerprint density at radius 2 is 1.83 bits per heavy atom. The van der Waals surface area contributed by atoms with Crippen LogP contribution >= 0.6 is 0 Å². The van der Waals surface area contributed by atoms with Crippen molar-refractivity contribution in [3.05, 3.63) is 29.8 Å². The Morgan fingerprint density at radius 3 is 2.44 bits per heavy atom. The van der Waals surface area contributed by atoms with Crippen LogP contribution in [-0.2, 0) is 0 Å². The lowest BCUT2D eigenvalue weighted by Crippen LogP contribution is -2.28. The van der Waals surface area contributed by atoms with Crippen molar-refractivity contribution >= 4 is 5.69 Å². The van der Waals surface area contributed by atoms with E-state index in [0.29, 0.717) is 5.92 Å². The van der Waals surface area contributed by atoms with Crippen molar-refractivity contribution < 1.29 is 0 Å². The number of piperidine rings is 1. The fraction of sp³-hybridized carbons (Fsp3) is 0.625. The fourth-order valence-electron chi connectivity index (χ4n) is 2.58. The molecule has 100 valence electrons. The molecule has 1 aliphatic heterocycles. The molecule has 1 aliphatic rings. The first-order chi connectivity index (χ1) is 8.75. The SMILES string of the molecule is CC(C)c1ccc(NCCC2CCNCC2)cc1. The first-order valence-corrected chi connectivity index (χ1v) is 7.30. The van der Waals surface area contributed by atoms with Gasteiger partial charge in [0.25, 0.3) is 0 Å². The summed E-state index contributed by atoms with van der Waals surface area (Å²) in [5, 5.41) is 6.96. The first kappa shape index (κ1) is 13.4. The molecule has 1 aromatic carbocycles. The molecule has 0 saturated carbocycles. The van der Waals surface area contributed by atoms with Gasteiger partial charge in [0.05, 0.1) is 0 Å². The standard InChI is InChI=1S/C16H26N2/c1-13(2)15-3-5-16(6-4-15)18-12-9-14-7-10-17-11-8-14/h3-6,13-14,17-18H,7-12H2,1-2H3. The van der Waals surface area contributed by atoms with Crippen LogP contribution < -0.4 is 10.6 Å². The Morgan fingerprint density at radius 1 is 1.17 bits per heavy atom. The minimum atomic E-state index is 0.619. The Kier molecular flexibility index (Phi) is 5.06. The van der Waals surface area contributed by atoms with Gasteiger partial charge in [-0.2, -0.15) is 0 Å². The number of anilines is 1. The second-order valence-electron chi connectivity index (χ2n) is 5.69. The lowest BCUT2D eigenvalue weighted by atomic mass is 9.95. The van der Waals surface area contributed by atoms with Crippen LogP contribution in [0.2, 0.25) is 0 Å². The van der Waals surface area contributed by atoms with Crippen molar-refractivity contribution in [3.63, 3.8) is 0 Å². The third-order valence-electron chi connectivity index (χ3n) is 3.92. The summed E-state index contributed by atoms with van der Waals surface area (Å²) in [6.45, 7) is 7.98. The van der Waals surface area contributed by atoms with Gasteiger partial charge in [-0.25, -0.2) is 0 Å². The predicted molar refractivity (Wildman–Crippen MR) is 79.2 cm³/mol.